The molecule has 3 rings (SSSR count). The fourth-order valence-electron chi connectivity index (χ4n) is 2.42. The highest BCUT2D eigenvalue weighted by molar-refractivity contribution is 14.0. The molecule has 134 valence electrons. The third-order valence-electron chi connectivity index (χ3n) is 3.79. The molecule has 1 aromatic heterocycles. The maximum atomic E-state index is 6.04. The Morgan fingerprint density at radius 2 is 1.92 bits per heavy atom. The van der Waals surface area contributed by atoms with E-state index in [9.17, 15) is 0 Å². The third kappa shape index (κ3) is 6.17. The molecule has 6 nitrogen and oxygen atoms in total. The summed E-state index contributed by atoms with van der Waals surface area (Å²) >= 11 is 0. The van der Waals surface area contributed by atoms with Crippen molar-refractivity contribution in [3.8, 4) is 5.88 Å². The number of aliphatic imine (C=N–C) groups is 1. The molecule has 7 heteroatoms. The van der Waals surface area contributed by atoms with Crippen LogP contribution in [0.1, 0.15) is 11.1 Å². The van der Waals surface area contributed by atoms with E-state index in [-0.39, 0.29) is 24.0 Å². The summed E-state index contributed by atoms with van der Waals surface area (Å²) in [7, 11) is 0. The van der Waals surface area contributed by atoms with Gasteiger partial charge in [0, 0.05) is 25.4 Å². The molecule has 2 heterocycles. The second-order valence-electron chi connectivity index (χ2n) is 5.55. The lowest BCUT2D eigenvalue weighted by Gasteiger charge is -2.27. The maximum absolute atomic E-state index is 6.04. The minimum Gasteiger partial charge on any atom is -0.473 e. The number of rotatable bonds is 5. The highest BCUT2D eigenvalue weighted by Crippen LogP contribution is 2.13. The molecule has 0 spiro atoms. The minimum absolute atomic E-state index is 0. The molecule has 1 aliphatic heterocycles. The van der Waals surface area contributed by atoms with Crippen molar-refractivity contribution in [2.45, 2.75) is 13.2 Å². The van der Waals surface area contributed by atoms with Gasteiger partial charge in [-0.3, -0.25) is 0 Å². The summed E-state index contributed by atoms with van der Waals surface area (Å²) in [4.78, 5) is 10.7. The number of nitrogens with zero attached hydrogens (tertiary/aromatic N) is 3. The topological polar surface area (TPSA) is 73.0 Å². The van der Waals surface area contributed by atoms with Crippen molar-refractivity contribution in [2.24, 2.45) is 10.7 Å². The van der Waals surface area contributed by atoms with Crippen LogP contribution in [0.15, 0.2) is 53.7 Å². The van der Waals surface area contributed by atoms with Gasteiger partial charge in [-0.25, -0.2) is 9.98 Å². The molecule has 2 N–H and O–H groups in total. The van der Waals surface area contributed by atoms with Crippen LogP contribution >= 0.6 is 24.0 Å². The summed E-state index contributed by atoms with van der Waals surface area (Å²) in [5.41, 5.74) is 8.17. The van der Waals surface area contributed by atoms with Gasteiger partial charge in [-0.2, -0.15) is 0 Å². The van der Waals surface area contributed by atoms with Gasteiger partial charge in [0.2, 0.25) is 5.88 Å². The monoisotopic (exact) mass is 454 g/mol. The van der Waals surface area contributed by atoms with E-state index in [4.69, 9.17) is 15.2 Å². The molecule has 1 saturated heterocycles. The Balaban J connectivity index is 0.00000225. The smallest absolute Gasteiger partial charge is 0.213 e. The van der Waals surface area contributed by atoms with Crippen molar-refractivity contribution >= 4 is 29.9 Å². The summed E-state index contributed by atoms with van der Waals surface area (Å²) in [6, 6.07) is 13.8. The zero-order valence-corrected chi connectivity index (χ0v) is 16.3. The van der Waals surface area contributed by atoms with Crippen LogP contribution in [-0.4, -0.2) is 42.1 Å². The summed E-state index contributed by atoms with van der Waals surface area (Å²) < 4.78 is 11.1. The molecule has 1 aromatic carbocycles. The van der Waals surface area contributed by atoms with Crippen LogP contribution in [0.3, 0.4) is 0 Å². The van der Waals surface area contributed by atoms with Gasteiger partial charge in [-0.1, -0.05) is 30.3 Å². The van der Waals surface area contributed by atoms with Crippen LogP contribution in [0.4, 0.5) is 0 Å². The van der Waals surface area contributed by atoms with E-state index in [1.807, 2.05) is 47.4 Å². The zero-order valence-electron chi connectivity index (χ0n) is 14.0. The van der Waals surface area contributed by atoms with Gasteiger partial charge in [0.25, 0.3) is 0 Å². The van der Waals surface area contributed by atoms with Gasteiger partial charge in [-0.05, 0) is 17.2 Å². The van der Waals surface area contributed by atoms with Gasteiger partial charge >= 0.3 is 0 Å². The maximum Gasteiger partial charge on any atom is 0.213 e. The summed E-state index contributed by atoms with van der Waals surface area (Å²) in [6.07, 6.45) is 1.73. The molecular formula is C18H23IN4O2. The standard InChI is InChI=1S/C18H22N4O2.HI/c19-18(22-8-10-23-11-9-22)21-13-16-6-7-20-17(12-16)24-14-15-4-2-1-3-5-15;/h1-7,12H,8-11,13-14H2,(H2,19,21);1H. The first-order valence-electron chi connectivity index (χ1n) is 8.05. The molecule has 1 aliphatic rings. The number of nitrogens with two attached hydrogens (primary N) is 1. The lowest BCUT2D eigenvalue weighted by atomic mass is 10.2. The highest BCUT2D eigenvalue weighted by atomic mass is 127. The Labute approximate surface area is 165 Å². The Bertz CT molecular complexity index is 676. The molecule has 0 amide bonds. The molecular weight excluding hydrogens is 431 g/mol. The average molecular weight is 454 g/mol. The van der Waals surface area contributed by atoms with Crippen molar-refractivity contribution in [3.05, 3.63) is 59.8 Å². The van der Waals surface area contributed by atoms with Gasteiger partial charge in [0.15, 0.2) is 5.96 Å². The SMILES string of the molecule is I.NC(=NCc1ccnc(OCc2ccccc2)c1)N1CCOCC1. The second kappa shape index (κ2) is 10.2. The largest absolute Gasteiger partial charge is 0.473 e. The first kappa shape index (κ1) is 19.5. The fourth-order valence-corrected chi connectivity index (χ4v) is 2.42. The molecule has 25 heavy (non-hydrogen) atoms. The first-order valence-corrected chi connectivity index (χ1v) is 8.05. The Hall–Kier alpha value is -1.87. The van der Waals surface area contributed by atoms with Crippen LogP contribution in [-0.2, 0) is 17.9 Å². The second-order valence-corrected chi connectivity index (χ2v) is 5.55. The van der Waals surface area contributed by atoms with E-state index in [1.54, 1.807) is 6.20 Å². The Morgan fingerprint density at radius 3 is 2.68 bits per heavy atom. The summed E-state index contributed by atoms with van der Waals surface area (Å²) in [6.45, 7) is 3.98. The van der Waals surface area contributed by atoms with E-state index >= 15 is 0 Å². The number of ether oxygens (including phenoxy) is 2. The minimum atomic E-state index is 0. The molecule has 0 saturated carbocycles. The van der Waals surface area contributed by atoms with Crippen molar-refractivity contribution in [1.29, 1.82) is 0 Å². The third-order valence-corrected chi connectivity index (χ3v) is 3.79. The number of hydrogen-bond acceptors (Lipinski definition) is 4. The summed E-state index contributed by atoms with van der Waals surface area (Å²) in [5.74, 6) is 1.15. The quantitative estimate of drug-likeness (QED) is 0.427. The van der Waals surface area contributed by atoms with Crippen LogP contribution in [0.2, 0.25) is 0 Å². The fraction of sp³-hybridized carbons (Fsp3) is 0.333. The summed E-state index contributed by atoms with van der Waals surface area (Å²) in [5, 5.41) is 0. The number of guanidine groups is 1. The van der Waals surface area contributed by atoms with Gasteiger partial charge in [-0.15, -0.1) is 24.0 Å². The van der Waals surface area contributed by atoms with Gasteiger partial charge in [0.1, 0.15) is 6.61 Å². The number of pyridine rings is 1. The predicted octanol–water partition coefficient (Wildman–Crippen LogP) is 2.43. The van der Waals surface area contributed by atoms with E-state index in [0.29, 0.717) is 38.2 Å². The number of morpholine rings is 1. The van der Waals surface area contributed by atoms with E-state index in [1.165, 1.54) is 0 Å². The van der Waals surface area contributed by atoms with Crippen LogP contribution in [0.25, 0.3) is 0 Å². The van der Waals surface area contributed by atoms with Crippen LogP contribution < -0.4 is 10.5 Å². The molecule has 0 unspecified atom stereocenters. The number of aromatic nitrogens is 1. The van der Waals surface area contributed by atoms with Gasteiger partial charge < -0.3 is 20.1 Å². The molecule has 0 atom stereocenters. The predicted molar refractivity (Wildman–Crippen MR) is 108 cm³/mol. The van der Waals surface area contributed by atoms with Crippen molar-refractivity contribution in [1.82, 2.24) is 9.88 Å². The average Bonchev–Trinajstić information content (AvgIpc) is 2.66. The lowest BCUT2D eigenvalue weighted by molar-refractivity contribution is 0.0674. The normalized spacial score (nSPS) is 14.7. The van der Waals surface area contributed by atoms with E-state index in [2.05, 4.69) is 9.98 Å². The Kier molecular flexibility index (Phi) is 7.93. The molecule has 0 bridgehead atoms. The Morgan fingerprint density at radius 1 is 1.16 bits per heavy atom. The van der Waals surface area contributed by atoms with Crippen LogP contribution in [0.5, 0.6) is 5.88 Å². The van der Waals surface area contributed by atoms with Crippen LogP contribution in [0, 0.1) is 0 Å². The number of hydrogen-bond donors (Lipinski definition) is 1. The molecule has 0 radical (unpaired) electrons. The number of benzene rings is 1. The van der Waals surface area contributed by atoms with Crippen molar-refractivity contribution < 1.29 is 9.47 Å². The van der Waals surface area contributed by atoms with E-state index in [0.717, 1.165) is 24.2 Å². The molecule has 2 aromatic rings. The molecule has 0 aliphatic carbocycles. The first-order chi connectivity index (χ1) is 11.8. The van der Waals surface area contributed by atoms with E-state index < -0.39 is 0 Å². The van der Waals surface area contributed by atoms with Crippen molar-refractivity contribution in [3.63, 3.8) is 0 Å². The highest BCUT2D eigenvalue weighted by Gasteiger charge is 2.11. The molecule has 1 fully saturated rings. The lowest BCUT2D eigenvalue weighted by Crippen LogP contribution is -2.44. The van der Waals surface area contributed by atoms with Gasteiger partial charge in [0.05, 0.1) is 19.8 Å². The number of halogens is 1. The van der Waals surface area contributed by atoms with Crippen molar-refractivity contribution in [2.75, 3.05) is 26.3 Å². The zero-order chi connectivity index (χ0) is 16.6.